The van der Waals surface area contributed by atoms with Crippen LogP contribution in [0, 0.1) is 0 Å². The van der Waals surface area contributed by atoms with Crippen molar-refractivity contribution in [1.82, 2.24) is 0 Å². The summed E-state index contributed by atoms with van der Waals surface area (Å²) in [6.07, 6.45) is 0. The summed E-state index contributed by atoms with van der Waals surface area (Å²) in [5.74, 6) is 0.597. The van der Waals surface area contributed by atoms with Crippen molar-refractivity contribution in [2.45, 2.75) is 6.61 Å². The van der Waals surface area contributed by atoms with Crippen molar-refractivity contribution in [3.63, 3.8) is 0 Å². The minimum Gasteiger partial charge on any atom is -0.497 e. The summed E-state index contributed by atoms with van der Waals surface area (Å²) < 4.78 is 15.7. The normalized spacial score (nSPS) is 10.1. The number of benzene rings is 3. The van der Waals surface area contributed by atoms with Gasteiger partial charge in [0.05, 0.1) is 25.5 Å². The summed E-state index contributed by atoms with van der Waals surface area (Å²) in [7, 11) is 2.90. The van der Waals surface area contributed by atoms with Crippen LogP contribution in [-0.2, 0) is 11.3 Å². The van der Waals surface area contributed by atoms with Gasteiger partial charge in [-0.3, -0.25) is 4.79 Å². The number of para-hydroxylation sites is 1. The number of carbonyl (C=O) groups is 2. The number of hydrogen-bond acceptors (Lipinski definition) is 5. The van der Waals surface area contributed by atoms with Gasteiger partial charge in [0.1, 0.15) is 18.1 Å². The second kappa shape index (κ2) is 9.41. The average Bonchev–Trinajstić information content (AvgIpc) is 2.78. The molecule has 0 bridgehead atoms. The van der Waals surface area contributed by atoms with E-state index in [4.69, 9.17) is 14.2 Å². The molecule has 0 aliphatic carbocycles. The van der Waals surface area contributed by atoms with Gasteiger partial charge >= 0.3 is 5.97 Å². The van der Waals surface area contributed by atoms with E-state index in [1.165, 1.54) is 7.11 Å². The zero-order chi connectivity index (χ0) is 20.6. The molecule has 3 aromatic carbocycles. The molecule has 0 saturated heterocycles. The molecule has 1 amide bonds. The first-order valence-corrected chi connectivity index (χ1v) is 8.95. The second-order valence-corrected chi connectivity index (χ2v) is 6.16. The Morgan fingerprint density at radius 1 is 0.862 bits per heavy atom. The van der Waals surface area contributed by atoms with Crippen LogP contribution in [0.25, 0.3) is 0 Å². The quantitative estimate of drug-likeness (QED) is 0.608. The lowest BCUT2D eigenvalue weighted by molar-refractivity contribution is 0.0602. The zero-order valence-electron chi connectivity index (χ0n) is 16.2. The fraction of sp³-hybridized carbons (Fsp3) is 0.130. The molecule has 0 aromatic heterocycles. The number of anilines is 1. The average molecular weight is 391 g/mol. The molecule has 0 radical (unpaired) electrons. The Hall–Kier alpha value is -3.80. The molecule has 3 aromatic rings. The summed E-state index contributed by atoms with van der Waals surface area (Å²) in [4.78, 5) is 24.4. The topological polar surface area (TPSA) is 73.9 Å². The first-order chi connectivity index (χ1) is 14.1. The van der Waals surface area contributed by atoms with E-state index in [2.05, 4.69) is 5.32 Å². The van der Waals surface area contributed by atoms with E-state index in [1.807, 2.05) is 30.3 Å². The molecule has 0 spiro atoms. The van der Waals surface area contributed by atoms with Crippen molar-refractivity contribution < 1.29 is 23.8 Å². The van der Waals surface area contributed by atoms with Crippen molar-refractivity contribution in [1.29, 1.82) is 0 Å². The van der Waals surface area contributed by atoms with Crippen LogP contribution in [0.1, 0.15) is 26.3 Å². The van der Waals surface area contributed by atoms with Crippen LogP contribution in [0.15, 0.2) is 72.8 Å². The SMILES string of the molecule is COC(=O)c1ccccc1NC(=O)c1ccc(COc2cccc(OC)c2)cc1. The van der Waals surface area contributed by atoms with Gasteiger partial charge in [-0.2, -0.15) is 0 Å². The number of esters is 1. The van der Waals surface area contributed by atoms with E-state index in [-0.39, 0.29) is 5.91 Å². The smallest absolute Gasteiger partial charge is 0.339 e. The summed E-state index contributed by atoms with van der Waals surface area (Å²) >= 11 is 0. The molecule has 6 heteroatoms. The highest BCUT2D eigenvalue weighted by Crippen LogP contribution is 2.20. The van der Waals surface area contributed by atoms with E-state index in [9.17, 15) is 9.59 Å². The van der Waals surface area contributed by atoms with Crippen molar-refractivity contribution >= 4 is 17.6 Å². The monoisotopic (exact) mass is 391 g/mol. The van der Waals surface area contributed by atoms with Gasteiger partial charge in [-0.15, -0.1) is 0 Å². The van der Waals surface area contributed by atoms with Gasteiger partial charge in [-0.05, 0) is 42.0 Å². The van der Waals surface area contributed by atoms with Gasteiger partial charge in [0.2, 0.25) is 0 Å². The summed E-state index contributed by atoms with van der Waals surface area (Å²) in [6, 6.07) is 21.1. The molecule has 0 fully saturated rings. The van der Waals surface area contributed by atoms with E-state index >= 15 is 0 Å². The predicted molar refractivity (Wildman–Crippen MR) is 110 cm³/mol. The molecule has 3 rings (SSSR count). The van der Waals surface area contributed by atoms with Crippen LogP contribution in [0.3, 0.4) is 0 Å². The van der Waals surface area contributed by atoms with Crippen LogP contribution >= 0.6 is 0 Å². The highest BCUT2D eigenvalue weighted by atomic mass is 16.5. The minimum atomic E-state index is -0.508. The van der Waals surface area contributed by atoms with Crippen LogP contribution in [0.2, 0.25) is 0 Å². The van der Waals surface area contributed by atoms with Gasteiger partial charge < -0.3 is 19.5 Å². The lowest BCUT2D eigenvalue weighted by Gasteiger charge is -2.10. The maximum atomic E-state index is 12.5. The van der Waals surface area contributed by atoms with Gasteiger partial charge in [0.15, 0.2) is 0 Å². The maximum absolute atomic E-state index is 12.5. The third kappa shape index (κ3) is 5.13. The molecule has 6 nitrogen and oxygen atoms in total. The van der Waals surface area contributed by atoms with Gasteiger partial charge in [-0.1, -0.05) is 30.3 Å². The van der Waals surface area contributed by atoms with Gasteiger partial charge in [0, 0.05) is 11.6 Å². The van der Waals surface area contributed by atoms with Crippen LogP contribution < -0.4 is 14.8 Å². The molecule has 148 valence electrons. The Balaban J connectivity index is 1.64. The van der Waals surface area contributed by atoms with Crippen LogP contribution in [0.5, 0.6) is 11.5 Å². The van der Waals surface area contributed by atoms with Crippen molar-refractivity contribution in [3.8, 4) is 11.5 Å². The Kier molecular flexibility index (Phi) is 6.47. The first kappa shape index (κ1) is 19.9. The maximum Gasteiger partial charge on any atom is 0.339 e. The molecule has 0 aliphatic rings. The number of rotatable bonds is 7. The number of amides is 1. The van der Waals surface area contributed by atoms with Crippen molar-refractivity contribution in [3.05, 3.63) is 89.5 Å². The number of nitrogens with one attached hydrogen (secondary N) is 1. The molecule has 1 N–H and O–H groups in total. The number of hydrogen-bond donors (Lipinski definition) is 1. The predicted octanol–water partition coefficient (Wildman–Crippen LogP) is 4.31. The van der Waals surface area contributed by atoms with E-state index in [0.29, 0.717) is 29.2 Å². The summed E-state index contributed by atoms with van der Waals surface area (Å²) in [5, 5.41) is 2.75. The minimum absolute atomic E-state index is 0.298. The molecule has 0 atom stereocenters. The molecule has 0 saturated carbocycles. The molecule has 29 heavy (non-hydrogen) atoms. The highest BCUT2D eigenvalue weighted by Gasteiger charge is 2.14. The summed E-state index contributed by atoms with van der Waals surface area (Å²) in [5.41, 5.74) is 2.08. The fourth-order valence-electron chi connectivity index (χ4n) is 2.68. The molecule has 0 heterocycles. The lowest BCUT2D eigenvalue weighted by Crippen LogP contribution is -2.15. The zero-order valence-corrected chi connectivity index (χ0v) is 16.2. The highest BCUT2D eigenvalue weighted by molar-refractivity contribution is 6.08. The van der Waals surface area contributed by atoms with Crippen molar-refractivity contribution in [2.24, 2.45) is 0 Å². The van der Waals surface area contributed by atoms with E-state index < -0.39 is 5.97 Å². The van der Waals surface area contributed by atoms with Crippen LogP contribution in [0.4, 0.5) is 5.69 Å². The van der Waals surface area contributed by atoms with Crippen molar-refractivity contribution in [2.75, 3.05) is 19.5 Å². The molecule has 0 unspecified atom stereocenters. The Morgan fingerprint density at radius 2 is 1.59 bits per heavy atom. The van der Waals surface area contributed by atoms with Gasteiger partial charge in [0.25, 0.3) is 5.91 Å². The number of ether oxygens (including phenoxy) is 3. The third-order valence-electron chi connectivity index (χ3n) is 4.24. The fourth-order valence-corrected chi connectivity index (χ4v) is 2.68. The lowest BCUT2D eigenvalue weighted by atomic mass is 10.1. The number of carbonyl (C=O) groups excluding carboxylic acids is 2. The summed E-state index contributed by atoms with van der Waals surface area (Å²) in [6.45, 7) is 0.361. The Labute approximate surface area is 169 Å². The first-order valence-electron chi connectivity index (χ1n) is 8.95. The third-order valence-corrected chi connectivity index (χ3v) is 4.24. The Bertz CT molecular complexity index is 998. The van der Waals surface area contributed by atoms with E-state index in [1.54, 1.807) is 49.6 Å². The molecular weight excluding hydrogens is 370 g/mol. The Morgan fingerprint density at radius 3 is 2.31 bits per heavy atom. The van der Waals surface area contributed by atoms with E-state index in [0.717, 1.165) is 11.3 Å². The van der Waals surface area contributed by atoms with Gasteiger partial charge in [-0.25, -0.2) is 4.79 Å². The van der Waals surface area contributed by atoms with Crippen LogP contribution in [-0.4, -0.2) is 26.1 Å². The second-order valence-electron chi connectivity index (χ2n) is 6.16. The number of methoxy groups -OCH3 is 2. The molecule has 0 aliphatic heterocycles. The standard InChI is InChI=1S/C23H21NO5/c1-27-18-6-5-7-19(14-18)29-15-16-10-12-17(13-11-16)22(25)24-21-9-4-3-8-20(21)23(26)28-2/h3-14H,15H2,1-2H3,(H,24,25). The largest absolute Gasteiger partial charge is 0.497 e. The molecular formula is C23H21NO5.